The highest BCUT2D eigenvalue weighted by molar-refractivity contribution is 5.73. The number of aliphatic hydroxyl groups excluding tert-OH is 1. The SMILES string of the molecule is CCCCCCCOC(=O)O[C@H]1CC(=O)O[C@@H]1CO. The highest BCUT2D eigenvalue weighted by Gasteiger charge is 2.37. The molecule has 0 aromatic carbocycles. The first-order valence-corrected chi connectivity index (χ1v) is 6.81. The van der Waals surface area contributed by atoms with E-state index in [1.807, 2.05) is 0 Å². The van der Waals surface area contributed by atoms with E-state index in [-0.39, 0.29) is 13.0 Å². The topological polar surface area (TPSA) is 82.1 Å². The third kappa shape index (κ3) is 5.92. The fourth-order valence-corrected chi connectivity index (χ4v) is 1.88. The summed E-state index contributed by atoms with van der Waals surface area (Å²) in [5.74, 6) is -0.476. The van der Waals surface area contributed by atoms with Crippen LogP contribution in [0.3, 0.4) is 0 Å². The van der Waals surface area contributed by atoms with Gasteiger partial charge >= 0.3 is 12.1 Å². The molecule has 19 heavy (non-hydrogen) atoms. The van der Waals surface area contributed by atoms with E-state index in [9.17, 15) is 9.59 Å². The minimum atomic E-state index is -0.808. The van der Waals surface area contributed by atoms with Crippen molar-refractivity contribution in [2.75, 3.05) is 13.2 Å². The molecular weight excluding hydrogens is 252 g/mol. The van der Waals surface area contributed by atoms with Crippen LogP contribution in [0.5, 0.6) is 0 Å². The third-order valence-electron chi connectivity index (χ3n) is 2.96. The van der Waals surface area contributed by atoms with E-state index in [0.29, 0.717) is 6.61 Å². The van der Waals surface area contributed by atoms with Crippen LogP contribution >= 0.6 is 0 Å². The monoisotopic (exact) mass is 274 g/mol. The normalized spacial score (nSPS) is 22.1. The van der Waals surface area contributed by atoms with Gasteiger partial charge in [-0.05, 0) is 6.42 Å². The Morgan fingerprint density at radius 1 is 1.37 bits per heavy atom. The summed E-state index contributed by atoms with van der Waals surface area (Å²) in [5, 5.41) is 8.95. The molecule has 0 bridgehead atoms. The predicted octanol–water partition coefficient (Wildman–Crippen LogP) is 1.79. The number of aliphatic hydroxyl groups is 1. The number of hydrogen-bond donors (Lipinski definition) is 1. The summed E-state index contributed by atoms with van der Waals surface area (Å²) in [6.45, 7) is 2.09. The van der Waals surface area contributed by atoms with Crippen molar-refractivity contribution >= 4 is 12.1 Å². The first-order valence-electron chi connectivity index (χ1n) is 6.81. The number of cyclic esters (lactones) is 1. The highest BCUT2D eigenvalue weighted by Crippen LogP contribution is 2.18. The summed E-state index contributed by atoms with van der Waals surface area (Å²) >= 11 is 0. The molecule has 1 aliphatic rings. The van der Waals surface area contributed by atoms with Crippen LogP contribution in [-0.2, 0) is 19.0 Å². The first kappa shape index (κ1) is 15.8. The van der Waals surface area contributed by atoms with Crippen LogP contribution in [0, 0.1) is 0 Å². The molecule has 110 valence electrons. The molecule has 1 heterocycles. The summed E-state index contributed by atoms with van der Waals surface area (Å²) in [6.07, 6.45) is 2.95. The second-order valence-corrected chi connectivity index (χ2v) is 4.58. The standard InChI is InChI=1S/C13H22O6/c1-2-3-4-5-6-7-17-13(16)19-10-8-12(15)18-11(10)9-14/h10-11,14H,2-9H2,1H3/t10-,11+/m0/s1. The van der Waals surface area contributed by atoms with Gasteiger partial charge in [0.25, 0.3) is 0 Å². The molecule has 0 aromatic rings. The van der Waals surface area contributed by atoms with E-state index in [1.165, 1.54) is 12.8 Å². The Kier molecular flexibility index (Phi) is 7.25. The van der Waals surface area contributed by atoms with Gasteiger partial charge < -0.3 is 19.3 Å². The van der Waals surface area contributed by atoms with Crippen molar-refractivity contribution in [1.29, 1.82) is 0 Å². The van der Waals surface area contributed by atoms with E-state index in [0.717, 1.165) is 19.3 Å². The molecule has 1 aliphatic heterocycles. The Morgan fingerprint density at radius 2 is 2.11 bits per heavy atom. The molecule has 0 radical (unpaired) electrons. The summed E-state index contributed by atoms with van der Waals surface area (Å²) in [4.78, 5) is 22.4. The Morgan fingerprint density at radius 3 is 2.79 bits per heavy atom. The molecule has 6 heteroatoms. The van der Waals surface area contributed by atoms with Gasteiger partial charge in [-0.25, -0.2) is 4.79 Å². The Labute approximate surface area is 113 Å². The van der Waals surface area contributed by atoms with Gasteiger partial charge in [0.15, 0.2) is 12.2 Å². The summed E-state index contributed by atoms with van der Waals surface area (Å²) in [7, 11) is 0. The lowest BCUT2D eigenvalue weighted by Gasteiger charge is -2.15. The number of ether oxygens (including phenoxy) is 3. The lowest BCUT2D eigenvalue weighted by atomic mass is 10.2. The lowest BCUT2D eigenvalue weighted by molar-refractivity contribution is -0.143. The van der Waals surface area contributed by atoms with Gasteiger partial charge in [0.05, 0.1) is 19.6 Å². The maximum Gasteiger partial charge on any atom is 0.508 e. The quantitative estimate of drug-likeness (QED) is 0.536. The molecule has 0 amide bonds. The minimum absolute atomic E-state index is 0.0309. The number of unbranched alkanes of at least 4 members (excludes halogenated alkanes) is 4. The molecule has 1 N–H and O–H groups in total. The number of hydrogen-bond acceptors (Lipinski definition) is 6. The van der Waals surface area contributed by atoms with Gasteiger partial charge in [-0.2, -0.15) is 0 Å². The molecule has 2 atom stereocenters. The van der Waals surface area contributed by atoms with Crippen LogP contribution in [0.2, 0.25) is 0 Å². The fraction of sp³-hybridized carbons (Fsp3) is 0.846. The van der Waals surface area contributed by atoms with Crippen molar-refractivity contribution in [2.24, 2.45) is 0 Å². The zero-order valence-electron chi connectivity index (χ0n) is 11.3. The van der Waals surface area contributed by atoms with Crippen molar-refractivity contribution in [1.82, 2.24) is 0 Å². The minimum Gasteiger partial charge on any atom is -0.456 e. The molecule has 6 nitrogen and oxygen atoms in total. The number of carbonyl (C=O) groups is 2. The van der Waals surface area contributed by atoms with Crippen molar-refractivity contribution in [3.63, 3.8) is 0 Å². The number of carbonyl (C=O) groups excluding carboxylic acids is 2. The first-order chi connectivity index (χ1) is 9.17. The van der Waals surface area contributed by atoms with Crippen LogP contribution in [0.25, 0.3) is 0 Å². The maximum absolute atomic E-state index is 11.4. The van der Waals surface area contributed by atoms with Gasteiger partial charge in [-0.3, -0.25) is 4.79 Å². The lowest BCUT2D eigenvalue weighted by Crippen LogP contribution is -2.30. The summed E-state index contributed by atoms with van der Waals surface area (Å²) in [5.41, 5.74) is 0. The molecule has 0 unspecified atom stereocenters. The van der Waals surface area contributed by atoms with Crippen molar-refractivity contribution in [3.8, 4) is 0 Å². The van der Waals surface area contributed by atoms with Gasteiger partial charge in [0, 0.05) is 0 Å². The third-order valence-corrected chi connectivity index (χ3v) is 2.96. The van der Waals surface area contributed by atoms with Crippen LogP contribution in [0.4, 0.5) is 4.79 Å². The molecule has 1 saturated heterocycles. The predicted molar refractivity (Wildman–Crippen MR) is 66.6 cm³/mol. The second-order valence-electron chi connectivity index (χ2n) is 4.58. The molecule has 0 aliphatic carbocycles. The Bertz CT molecular complexity index is 291. The van der Waals surface area contributed by atoms with Crippen molar-refractivity contribution < 1.29 is 28.9 Å². The zero-order chi connectivity index (χ0) is 14.1. The van der Waals surface area contributed by atoms with E-state index in [2.05, 4.69) is 6.92 Å². The summed E-state index contributed by atoms with van der Waals surface area (Å²) in [6, 6.07) is 0. The number of rotatable bonds is 8. The van der Waals surface area contributed by atoms with Crippen molar-refractivity contribution in [2.45, 2.75) is 57.7 Å². The largest absolute Gasteiger partial charge is 0.508 e. The van der Waals surface area contributed by atoms with Crippen LogP contribution < -0.4 is 0 Å². The summed E-state index contributed by atoms with van der Waals surface area (Å²) < 4.78 is 14.6. The fourth-order valence-electron chi connectivity index (χ4n) is 1.88. The van der Waals surface area contributed by atoms with Gasteiger partial charge in [0.2, 0.25) is 0 Å². The number of esters is 1. The van der Waals surface area contributed by atoms with E-state index < -0.39 is 24.3 Å². The molecular formula is C13H22O6. The average molecular weight is 274 g/mol. The van der Waals surface area contributed by atoms with E-state index in [4.69, 9.17) is 19.3 Å². The van der Waals surface area contributed by atoms with Gasteiger partial charge in [-0.15, -0.1) is 0 Å². The molecule has 1 fully saturated rings. The van der Waals surface area contributed by atoms with Crippen LogP contribution in [0.15, 0.2) is 0 Å². The van der Waals surface area contributed by atoms with E-state index in [1.54, 1.807) is 0 Å². The smallest absolute Gasteiger partial charge is 0.456 e. The van der Waals surface area contributed by atoms with Crippen LogP contribution in [-0.4, -0.2) is 42.7 Å². The molecule has 1 rings (SSSR count). The van der Waals surface area contributed by atoms with Gasteiger partial charge in [0.1, 0.15) is 0 Å². The average Bonchev–Trinajstić information content (AvgIpc) is 2.73. The molecule has 0 saturated carbocycles. The maximum atomic E-state index is 11.4. The van der Waals surface area contributed by atoms with Crippen LogP contribution in [0.1, 0.15) is 45.4 Å². The zero-order valence-corrected chi connectivity index (χ0v) is 11.3. The highest BCUT2D eigenvalue weighted by atomic mass is 16.7. The molecule has 0 spiro atoms. The Balaban J connectivity index is 2.11. The Hall–Kier alpha value is -1.30. The molecule has 0 aromatic heterocycles. The van der Waals surface area contributed by atoms with E-state index >= 15 is 0 Å². The van der Waals surface area contributed by atoms with Gasteiger partial charge in [-0.1, -0.05) is 32.6 Å². The second kappa shape index (κ2) is 8.74. The van der Waals surface area contributed by atoms with Crippen molar-refractivity contribution in [3.05, 3.63) is 0 Å².